The molecule has 14 heavy (non-hydrogen) atoms. The van der Waals surface area contributed by atoms with Gasteiger partial charge in [-0.25, -0.2) is 4.39 Å². The summed E-state index contributed by atoms with van der Waals surface area (Å²) >= 11 is 3.34. The SMILES string of the molecule is CCC1CC1(O)c1cc(F)ccc1Br. The Balaban J connectivity index is 2.38. The minimum atomic E-state index is -0.796. The Morgan fingerprint density at radius 2 is 2.36 bits per heavy atom. The Morgan fingerprint density at radius 3 is 2.93 bits per heavy atom. The van der Waals surface area contributed by atoms with E-state index >= 15 is 0 Å². The third-order valence-corrected chi connectivity index (χ3v) is 3.65. The summed E-state index contributed by atoms with van der Waals surface area (Å²) in [6.45, 7) is 2.04. The average molecular weight is 259 g/mol. The number of benzene rings is 1. The fourth-order valence-corrected chi connectivity index (χ4v) is 2.55. The first-order chi connectivity index (χ1) is 6.58. The zero-order chi connectivity index (χ0) is 10.3. The first-order valence-corrected chi connectivity index (χ1v) is 5.55. The van der Waals surface area contributed by atoms with E-state index in [4.69, 9.17) is 0 Å². The lowest BCUT2D eigenvalue weighted by Gasteiger charge is -2.12. The molecular formula is C11H12BrFO. The van der Waals surface area contributed by atoms with Crippen molar-refractivity contribution in [2.45, 2.75) is 25.4 Å². The van der Waals surface area contributed by atoms with E-state index in [1.165, 1.54) is 12.1 Å². The fraction of sp³-hybridized carbons (Fsp3) is 0.455. The Morgan fingerprint density at radius 1 is 1.64 bits per heavy atom. The van der Waals surface area contributed by atoms with Crippen LogP contribution in [0.15, 0.2) is 22.7 Å². The van der Waals surface area contributed by atoms with Crippen molar-refractivity contribution in [1.29, 1.82) is 0 Å². The summed E-state index contributed by atoms with van der Waals surface area (Å²) < 4.78 is 13.8. The van der Waals surface area contributed by atoms with Gasteiger partial charge < -0.3 is 5.11 Å². The lowest BCUT2D eigenvalue weighted by molar-refractivity contribution is 0.129. The number of halogens is 2. The highest BCUT2D eigenvalue weighted by atomic mass is 79.9. The zero-order valence-electron chi connectivity index (χ0n) is 7.93. The smallest absolute Gasteiger partial charge is 0.123 e. The first-order valence-electron chi connectivity index (χ1n) is 4.76. The van der Waals surface area contributed by atoms with Crippen LogP contribution in [0.5, 0.6) is 0 Å². The van der Waals surface area contributed by atoms with Crippen molar-refractivity contribution in [2.24, 2.45) is 5.92 Å². The topological polar surface area (TPSA) is 20.2 Å². The van der Waals surface area contributed by atoms with E-state index in [1.807, 2.05) is 6.92 Å². The van der Waals surface area contributed by atoms with Crippen molar-refractivity contribution in [3.63, 3.8) is 0 Å². The van der Waals surface area contributed by atoms with Crippen LogP contribution in [0.25, 0.3) is 0 Å². The maximum Gasteiger partial charge on any atom is 0.123 e. The Bertz CT molecular complexity index is 366. The molecule has 0 amide bonds. The molecule has 1 aromatic carbocycles. The molecule has 1 aliphatic rings. The third-order valence-electron chi connectivity index (χ3n) is 2.96. The minimum Gasteiger partial charge on any atom is -0.385 e. The summed E-state index contributed by atoms with van der Waals surface area (Å²) in [5.74, 6) is -0.0148. The summed E-state index contributed by atoms with van der Waals surface area (Å²) in [6.07, 6.45) is 1.67. The normalized spacial score (nSPS) is 30.4. The molecule has 0 heterocycles. The van der Waals surface area contributed by atoms with Crippen LogP contribution in [0.3, 0.4) is 0 Å². The maximum absolute atomic E-state index is 13.0. The monoisotopic (exact) mass is 258 g/mol. The van der Waals surface area contributed by atoms with Crippen molar-refractivity contribution < 1.29 is 9.50 Å². The second kappa shape index (κ2) is 3.31. The van der Waals surface area contributed by atoms with Gasteiger partial charge in [0.2, 0.25) is 0 Å². The molecule has 0 aromatic heterocycles. The Hall–Kier alpha value is -0.410. The van der Waals surface area contributed by atoms with E-state index < -0.39 is 5.60 Å². The van der Waals surface area contributed by atoms with Crippen LogP contribution in [0, 0.1) is 11.7 Å². The average Bonchev–Trinajstić information content (AvgIpc) is 2.83. The highest BCUT2D eigenvalue weighted by Gasteiger charge is 2.53. The third kappa shape index (κ3) is 1.48. The van der Waals surface area contributed by atoms with Crippen molar-refractivity contribution in [2.75, 3.05) is 0 Å². The summed E-state index contributed by atoms with van der Waals surface area (Å²) in [4.78, 5) is 0. The van der Waals surface area contributed by atoms with Gasteiger partial charge in [-0.2, -0.15) is 0 Å². The molecule has 1 nitrogen and oxygen atoms in total. The predicted octanol–water partition coefficient (Wildman–Crippen LogP) is 3.21. The van der Waals surface area contributed by atoms with Gasteiger partial charge in [0, 0.05) is 10.0 Å². The van der Waals surface area contributed by atoms with Crippen LogP contribution in [0.1, 0.15) is 25.3 Å². The standard InChI is InChI=1S/C11H12BrFO/c1-2-7-6-11(7,14)9-5-8(13)3-4-10(9)12/h3-5,7,14H,2,6H2,1H3. The summed E-state index contributed by atoms with van der Waals surface area (Å²) in [6, 6.07) is 4.45. The molecule has 1 saturated carbocycles. The van der Waals surface area contributed by atoms with Gasteiger partial charge in [-0.05, 0) is 30.5 Å². The molecule has 76 valence electrons. The number of hydrogen-bond acceptors (Lipinski definition) is 1. The lowest BCUT2D eigenvalue weighted by atomic mass is 10.0. The highest BCUT2D eigenvalue weighted by molar-refractivity contribution is 9.10. The number of aliphatic hydroxyl groups is 1. The van der Waals surface area contributed by atoms with E-state index in [0.29, 0.717) is 5.56 Å². The summed E-state index contributed by atoms with van der Waals surface area (Å²) in [5.41, 5.74) is -0.111. The molecule has 0 radical (unpaired) electrons. The van der Waals surface area contributed by atoms with Gasteiger partial charge in [0.1, 0.15) is 5.82 Å². The molecule has 2 unspecified atom stereocenters. The van der Waals surface area contributed by atoms with Crippen molar-refractivity contribution in [3.05, 3.63) is 34.1 Å². The maximum atomic E-state index is 13.0. The van der Waals surface area contributed by atoms with Gasteiger partial charge in [0.05, 0.1) is 5.60 Å². The molecule has 1 aromatic rings. The van der Waals surface area contributed by atoms with Crippen LogP contribution in [-0.4, -0.2) is 5.11 Å². The molecule has 2 atom stereocenters. The second-order valence-corrected chi connectivity index (χ2v) is 4.71. The molecule has 1 fully saturated rings. The van der Waals surface area contributed by atoms with Crippen molar-refractivity contribution in [1.82, 2.24) is 0 Å². The van der Waals surface area contributed by atoms with E-state index in [9.17, 15) is 9.50 Å². The van der Waals surface area contributed by atoms with Gasteiger partial charge in [0.25, 0.3) is 0 Å². The first kappa shape index (κ1) is 10.1. The largest absolute Gasteiger partial charge is 0.385 e. The lowest BCUT2D eigenvalue weighted by Crippen LogP contribution is -2.09. The van der Waals surface area contributed by atoms with Crippen LogP contribution < -0.4 is 0 Å². The van der Waals surface area contributed by atoms with Gasteiger partial charge in [-0.1, -0.05) is 29.3 Å². The number of rotatable bonds is 2. The van der Waals surface area contributed by atoms with E-state index in [2.05, 4.69) is 15.9 Å². The van der Waals surface area contributed by atoms with E-state index in [0.717, 1.165) is 17.3 Å². The second-order valence-electron chi connectivity index (χ2n) is 3.86. The quantitative estimate of drug-likeness (QED) is 0.864. The molecule has 0 saturated heterocycles. The summed E-state index contributed by atoms with van der Waals surface area (Å²) in [7, 11) is 0. The fourth-order valence-electron chi connectivity index (χ4n) is 1.96. The van der Waals surface area contributed by atoms with Gasteiger partial charge in [-0.3, -0.25) is 0 Å². The minimum absolute atomic E-state index is 0.278. The number of hydrogen-bond donors (Lipinski definition) is 1. The molecule has 2 rings (SSSR count). The Labute approximate surface area is 91.1 Å². The van der Waals surface area contributed by atoms with E-state index in [1.54, 1.807) is 6.07 Å². The van der Waals surface area contributed by atoms with Crippen LogP contribution >= 0.6 is 15.9 Å². The molecule has 0 spiro atoms. The molecule has 1 aliphatic carbocycles. The zero-order valence-corrected chi connectivity index (χ0v) is 9.51. The van der Waals surface area contributed by atoms with Gasteiger partial charge in [0.15, 0.2) is 0 Å². The van der Waals surface area contributed by atoms with Gasteiger partial charge >= 0.3 is 0 Å². The van der Waals surface area contributed by atoms with E-state index in [-0.39, 0.29) is 11.7 Å². The van der Waals surface area contributed by atoms with Crippen molar-refractivity contribution in [3.8, 4) is 0 Å². The molecule has 0 bridgehead atoms. The van der Waals surface area contributed by atoms with Gasteiger partial charge in [-0.15, -0.1) is 0 Å². The predicted molar refractivity (Wildman–Crippen MR) is 56.4 cm³/mol. The molecule has 3 heteroatoms. The molecule has 1 N–H and O–H groups in total. The summed E-state index contributed by atoms with van der Waals surface area (Å²) in [5, 5.41) is 10.2. The van der Waals surface area contributed by atoms with Crippen LogP contribution in [-0.2, 0) is 5.60 Å². The van der Waals surface area contributed by atoms with Crippen LogP contribution in [0.2, 0.25) is 0 Å². The molecule has 0 aliphatic heterocycles. The highest BCUT2D eigenvalue weighted by Crippen LogP contribution is 2.55. The Kier molecular flexibility index (Phi) is 2.40. The van der Waals surface area contributed by atoms with Crippen LogP contribution in [0.4, 0.5) is 4.39 Å². The molecular weight excluding hydrogens is 247 g/mol. The van der Waals surface area contributed by atoms with Crippen molar-refractivity contribution >= 4 is 15.9 Å².